The van der Waals surface area contributed by atoms with Crippen LogP contribution in [0.2, 0.25) is 0 Å². The summed E-state index contributed by atoms with van der Waals surface area (Å²) in [5, 5.41) is 109. The highest BCUT2D eigenvalue weighted by Crippen LogP contribution is 2.56. The van der Waals surface area contributed by atoms with Gasteiger partial charge in [-0.05, 0) is 91.3 Å². The molecule has 6 aliphatic rings. The lowest BCUT2D eigenvalue weighted by atomic mass is 9.64. The first-order valence-electron chi connectivity index (χ1n) is 21.4. The average Bonchev–Trinajstić information content (AvgIpc) is 4.10. The lowest BCUT2D eigenvalue weighted by Crippen LogP contribution is -2.78. The zero-order valence-corrected chi connectivity index (χ0v) is 35.4. The monoisotopic (exact) mass is 908 g/mol. The molecule has 0 aromatic heterocycles. The van der Waals surface area contributed by atoms with Crippen molar-refractivity contribution in [2.75, 3.05) is 13.2 Å². The van der Waals surface area contributed by atoms with Gasteiger partial charge in [0.05, 0.1) is 30.5 Å². The maximum absolute atomic E-state index is 12.9. The minimum Gasteiger partial charge on any atom is -0.508 e. The van der Waals surface area contributed by atoms with E-state index in [0.29, 0.717) is 43.2 Å². The molecule has 9 rings (SSSR count). The highest BCUT2D eigenvalue weighted by molar-refractivity contribution is 6.15. The fourth-order valence-electron chi connectivity index (χ4n) is 9.50. The Morgan fingerprint density at radius 3 is 2.45 bits per heavy atom. The maximum Gasteiger partial charge on any atom is 0.336 e. The van der Waals surface area contributed by atoms with Crippen LogP contribution in [-0.4, -0.2) is 131 Å². The Balaban J connectivity index is 1.09. The van der Waals surface area contributed by atoms with Crippen LogP contribution in [-0.2, 0) is 21.6 Å². The van der Waals surface area contributed by atoms with Crippen LogP contribution in [0.15, 0.2) is 93.9 Å². The Hall–Kier alpha value is -6.61. The number of carboxylic acid groups (broad SMARTS) is 1. The van der Waals surface area contributed by atoms with E-state index >= 15 is 0 Å². The molecule has 19 nitrogen and oxygen atoms in total. The summed E-state index contributed by atoms with van der Waals surface area (Å²) >= 11 is 0. The summed E-state index contributed by atoms with van der Waals surface area (Å²) in [6, 6.07) is 12.6. The second kappa shape index (κ2) is 17.0. The number of phenols is 2. The third-order valence-corrected chi connectivity index (χ3v) is 13.0. The van der Waals surface area contributed by atoms with Crippen molar-refractivity contribution in [1.82, 2.24) is 0 Å². The summed E-state index contributed by atoms with van der Waals surface area (Å²) < 4.78 is 31.2. The molecule has 1 saturated carbocycles. The molecule has 2 bridgehead atoms. The number of amidine groups is 1. The summed E-state index contributed by atoms with van der Waals surface area (Å²) in [6.07, 6.45) is 0.664. The van der Waals surface area contributed by atoms with Crippen LogP contribution in [0, 0.1) is 11.3 Å². The molecule has 1 unspecified atom stereocenters. The van der Waals surface area contributed by atoms with Crippen molar-refractivity contribution in [3.05, 3.63) is 101 Å². The number of fused-ring (bicyclic) bond motifs is 3. The van der Waals surface area contributed by atoms with Gasteiger partial charge in [0.1, 0.15) is 70.3 Å². The largest absolute Gasteiger partial charge is 0.508 e. The number of aliphatic hydroxyl groups is 6. The Morgan fingerprint density at radius 2 is 1.80 bits per heavy atom. The molecule has 10 N–H and O–H groups in total. The summed E-state index contributed by atoms with van der Waals surface area (Å²) in [5.41, 5.74) is -4.40. The number of carbonyl (C=O) groups is 1. The number of rotatable bonds is 14. The third-order valence-electron chi connectivity index (χ3n) is 13.0. The molecule has 346 valence electrons. The summed E-state index contributed by atoms with van der Waals surface area (Å²) in [6.45, 7) is 1.36. The molecular weight excluding hydrogens is 861 g/mol. The fourth-order valence-corrected chi connectivity index (χ4v) is 9.50. The van der Waals surface area contributed by atoms with Gasteiger partial charge in [-0.1, -0.05) is 31.2 Å². The minimum absolute atomic E-state index is 0.00109. The lowest BCUT2D eigenvalue weighted by Gasteiger charge is -2.55. The standard InChI is InChI=1S/C47H48N4O15/c1-2-23-15-25(17-26(53)16-23)45(12-3-4-13-45)66-40-34(64-44-46(60)14-11-28(30-20-49-22-50-30)47(61,43(46)59)41(65-44)42(57)58)19-33-37(39(40)56)31(54)18-32(63-33)24-5-7-27(8-6-24)62-35(21-52)38(55)29-9-10-36(48)51-29/h5-11,14-19,22,28,32,35,38,41,43-44,48,52-56,59-61H,2-4,12-13,20-21H2,1H3,(H,57,58)/t28-,32?,35+,38+,41+,43-,44+,46+,47+/m0/s1. The quantitative estimate of drug-likeness (QED) is 0.104. The molecule has 1 saturated heterocycles. The number of nitrogens with one attached hydrogen (secondary N) is 1. The SMILES string of the molecule is CCc1cc(O)cc(C2(Oc3c(O[C@@H]4O[C@H](C(=O)O)[C@]5(O)[C@H](C6=NC=NC6)C=C[C@@]4(O)[C@@H]5O)cc4c(c3O)C(O)=CC(c3ccc(O[C@H](CO)[C@H](O)C5=NC(=N)C=C5)cc3)O4)CCCC2)c1. The zero-order chi connectivity index (χ0) is 46.7. The number of carboxylic acids is 1. The van der Waals surface area contributed by atoms with Gasteiger partial charge in [0.25, 0.3) is 0 Å². The molecule has 19 heteroatoms. The molecule has 4 aliphatic heterocycles. The highest BCUT2D eigenvalue weighted by atomic mass is 16.7. The van der Waals surface area contributed by atoms with Crippen molar-refractivity contribution in [2.45, 2.75) is 92.6 Å². The van der Waals surface area contributed by atoms with E-state index in [1.165, 1.54) is 36.7 Å². The van der Waals surface area contributed by atoms with Gasteiger partial charge in [-0.15, -0.1) is 0 Å². The Morgan fingerprint density at radius 1 is 1.05 bits per heavy atom. The Kier molecular flexibility index (Phi) is 11.5. The fraction of sp³-hybridized carbons (Fsp3) is 0.383. The van der Waals surface area contributed by atoms with Crippen LogP contribution in [0.25, 0.3) is 5.76 Å². The number of hydrogen-bond acceptors (Lipinski definition) is 17. The molecule has 0 radical (unpaired) electrons. The van der Waals surface area contributed by atoms with Crippen LogP contribution in [0.4, 0.5) is 0 Å². The number of phenolic OH excluding ortho intramolecular Hbond substituents is 2. The maximum atomic E-state index is 12.9. The van der Waals surface area contributed by atoms with E-state index in [1.54, 1.807) is 36.4 Å². The molecule has 0 spiro atoms. The normalized spacial score (nSPS) is 29.0. The molecule has 9 atom stereocenters. The molecule has 66 heavy (non-hydrogen) atoms. The predicted molar refractivity (Wildman–Crippen MR) is 235 cm³/mol. The van der Waals surface area contributed by atoms with Crippen molar-refractivity contribution in [2.24, 2.45) is 20.9 Å². The number of benzene rings is 3. The van der Waals surface area contributed by atoms with E-state index in [9.17, 15) is 50.8 Å². The second-order valence-electron chi connectivity index (χ2n) is 17.1. The number of aromatic hydroxyl groups is 2. The first-order valence-corrected chi connectivity index (χ1v) is 21.4. The molecule has 2 fully saturated rings. The smallest absolute Gasteiger partial charge is 0.336 e. The first-order chi connectivity index (χ1) is 31.6. The minimum atomic E-state index is -2.65. The molecule has 0 amide bonds. The van der Waals surface area contributed by atoms with Crippen molar-refractivity contribution in [1.29, 1.82) is 5.41 Å². The van der Waals surface area contributed by atoms with Crippen LogP contribution in [0.3, 0.4) is 0 Å². The van der Waals surface area contributed by atoms with Gasteiger partial charge in [0.15, 0.2) is 29.3 Å². The number of nitrogens with zero attached hydrogens (tertiary/aromatic N) is 3. The molecule has 4 heterocycles. The van der Waals surface area contributed by atoms with Gasteiger partial charge in [-0.25, -0.2) is 14.8 Å². The number of aryl methyl sites for hydroxylation is 1. The van der Waals surface area contributed by atoms with Gasteiger partial charge >= 0.3 is 5.97 Å². The lowest BCUT2D eigenvalue weighted by molar-refractivity contribution is -0.337. The van der Waals surface area contributed by atoms with Crippen LogP contribution in [0.1, 0.15) is 61.0 Å². The van der Waals surface area contributed by atoms with Crippen LogP contribution >= 0.6 is 0 Å². The Bertz CT molecular complexity index is 2640. The number of aliphatic carboxylic acids is 1. The van der Waals surface area contributed by atoms with Crippen molar-refractivity contribution >= 4 is 35.3 Å². The zero-order valence-electron chi connectivity index (χ0n) is 35.4. The van der Waals surface area contributed by atoms with Gasteiger partial charge in [0, 0.05) is 12.1 Å². The van der Waals surface area contributed by atoms with Crippen molar-refractivity contribution in [3.63, 3.8) is 0 Å². The molecule has 3 aromatic rings. The van der Waals surface area contributed by atoms with Crippen LogP contribution < -0.4 is 18.9 Å². The van der Waals surface area contributed by atoms with E-state index in [-0.39, 0.29) is 58.1 Å². The van der Waals surface area contributed by atoms with Crippen LogP contribution in [0.5, 0.6) is 34.5 Å². The highest BCUT2D eigenvalue weighted by Gasteiger charge is 2.70. The average molecular weight is 909 g/mol. The predicted octanol–water partition coefficient (Wildman–Crippen LogP) is 3.31. The number of ether oxygens (including phenoxy) is 5. The van der Waals surface area contributed by atoms with Gasteiger partial charge in [-0.3, -0.25) is 10.4 Å². The van der Waals surface area contributed by atoms with Crippen molar-refractivity contribution < 1.29 is 74.4 Å². The number of aliphatic imine (C=N–C) groups is 3. The van der Waals surface area contributed by atoms with E-state index in [0.717, 1.165) is 11.6 Å². The number of hydrogen-bond donors (Lipinski definition) is 10. The summed E-state index contributed by atoms with van der Waals surface area (Å²) in [7, 11) is 0. The van der Waals surface area contributed by atoms with E-state index in [1.807, 2.05) is 13.0 Å². The third kappa shape index (κ3) is 7.56. The topological polar surface area (TPSA) is 306 Å². The van der Waals surface area contributed by atoms with E-state index < -0.39 is 83.6 Å². The summed E-state index contributed by atoms with van der Waals surface area (Å²) in [4.78, 5) is 24.9. The second-order valence-corrected chi connectivity index (χ2v) is 17.1. The summed E-state index contributed by atoms with van der Waals surface area (Å²) in [5.74, 6) is -4.73. The molecule has 3 aromatic carbocycles. The first kappa shape index (κ1) is 44.6. The Labute approximate surface area is 376 Å². The molecular formula is C47H48N4O15. The van der Waals surface area contributed by atoms with Gasteiger partial charge < -0.3 is 69.6 Å². The van der Waals surface area contributed by atoms with E-state index in [2.05, 4.69) is 15.0 Å². The van der Waals surface area contributed by atoms with E-state index in [4.69, 9.17) is 29.1 Å². The number of aliphatic hydroxyl groups excluding tert-OH is 4. The molecule has 2 aliphatic carbocycles. The van der Waals surface area contributed by atoms with Crippen molar-refractivity contribution in [3.8, 4) is 34.5 Å². The van der Waals surface area contributed by atoms with Gasteiger partial charge in [-0.2, -0.15) is 0 Å². The van der Waals surface area contributed by atoms with Gasteiger partial charge in [0.2, 0.25) is 12.0 Å².